The Labute approximate surface area is 151 Å². The van der Waals surface area contributed by atoms with Crippen molar-refractivity contribution in [3.05, 3.63) is 35.1 Å². The molecule has 4 heterocycles. The molecular formula is C19H24N4O3. The summed E-state index contributed by atoms with van der Waals surface area (Å²) < 4.78 is 8.52. The summed E-state index contributed by atoms with van der Waals surface area (Å²) in [5.41, 5.74) is 1.89. The molecule has 1 saturated heterocycles. The van der Waals surface area contributed by atoms with E-state index in [2.05, 4.69) is 18.9 Å². The maximum absolute atomic E-state index is 12.6. The highest BCUT2D eigenvalue weighted by Gasteiger charge is 2.24. The van der Waals surface area contributed by atoms with Gasteiger partial charge in [0.05, 0.1) is 11.8 Å². The normalized spacial score (nSPS) is 20.9. The summed E-state index contributed by atoms with van der Waals surface area (Å²) in [4.78, 5) is 27.0. The minimum Gasteiger partial charge on any atom is -0.463 e. The zero-order chi connectivity index (χ0) is 18.3. The molecule has 2 unspecified atom stereocenters. The van der Waals surface area contributed by atoms with Gasteiger partial charge in [0.25, 0.3) is 5.56 Å². The van der Waals surface area contributed by atoms with Crippen molar-refractivity contribution >= 4 is 22.5 Å². The van der Waals surface area contributed by atoms with Gasteiger partial charge in [0.1, 0.15) is 11.8 Å². The minimum absolute atomic E-state index is 0.161. The highest BCUT2D eigenvalue weighted by Crippen LogP contribution is 2.22. The largest absolute Gasteiger partial charge is 0.463 e. The van der Waals surface area contributed by atoms with Crippen molar-refractivity contribution in [3.63, 3.8) is 0 Å². The van der Waals surface area contributed by atoms with Crippen molar-refractivity contribution in [1.82, 2.24) is 19.1 Å². The van der Waals surface area contributed by atoms with Crippen molar-refractivity contribution < 1.29 is 9.21 Å². The number of hydrogen-bond donors (Lipinski definition) is 0. The van der Waals surface area contributed by atoms with Crippen LogP contribution in [-0.4, -0.2) is 38.1 Å². The van der Waals surface area contributed by atoms with Crippen molar-refractivity contribution in [2.24, 2.45) is 11.8 Å². The zero-order valence-corrected chi connectivity index (χ0v) is 15.2. The van der Waals surface area contributed by atoms with E-state index >= 15 is 0 Å². The zero-order valence-electron chi connectivity index (χ0n) is 15.2. The van der Waals surface area contributed by atoms with Crippen LogP contribution in [0.2, 0.25) is 0 Å². The maximum Gasteiger partial charge on any atom is 0.291 e. The first kappa shape index (κ1) is 16.9. The van der Waals surface area contributed by atoms with Crippen LogP contribution in [-0.2, 0) is 11.3 Å². The van der Waals surface area contributed by atoms with Gasteiger partial charge >= 0.3 is 0 Å². The fourth-order valence-corrected chi connectivity index (χ4v) is 4.10. The van der Waals surface area contributed by atoms with Gasteiger partial charge in [0.15, 0.2) is 5.58 Å². The number of fused-ring (bicyclic) bond motifs is 3. The summed E-state index contributed by atoms with van der Waals surface area (Å²) in [5, 5.41) is 4.24. The Morgan fingerprint density at radius 2 is 2.04 bits per heavy atom. The van der Waals surface area contributed by atoms with Gasteiger partial charge in [-0.15, -0.1) is 0 Å². The lowest BCUT2D eigenvalue weighted by Gasteiger charge is -2.35. The minimum atomic E-state index is -0.161. The van der Waals surface area contributed by atoms with Gasteiger partial charge < -0.3 is 9.32 Å². The van der Waals surface area contributed by atoms with Crippen LogP contribution < -0.4 is 5.56 Å². The Hall–Kier alpha value is -2.57. The number of amides is 1. The summed E-state index contributed by atoms with van der Waals surface area (Å²) in [6.07, 6.45) is 5.46. The highest BCUT2D eigenvalue weighted by atomic mass is 16.3. The van der Waals surface area contributed by atoms with E-state index in [1.54, 1.807) is 23.1 Å². The molecular weight excluding hydrogens is 332 g/mol. The van der Waals surface area contributed by atoms with E-state index in [9.17, 15) is 9.59 Å². The third kappa shape index (κ3) is 3.02. The molecule has 1 amide bonds. The summed E-state index contributed by atoms with van der Waals surface area (Å²) in [6, 6.07) is 3.55. The van der Waals surface area contributed by atoms with Crippen molar-refractivity contribution in [2.45, 2.75) is 39.7 Å². The summed E-state index contributed by atoms with van der Waals surface area (Å²) in [5.74, 6) is 1.29. The van der Waals surface area contributed by atoms with Gasteiger partial charge in [-0.1, -0.05) is 13.8 Å². The number of furan rings is 1. The molecule has 138 valence electrons. The molecule has 0 bridgehead atoms. The lowest BCUT2D eigenvalue weighted by atomic mass is 9.91. The number of carbonyl (C=O) groups excluding carboxylic acids is 1. The Bertz CT molecular complexity index is 989. The van der Waals surface area contributed by atoms with Crippen LogP contribution in [0.25, 0.3) is 16.6 Å². The van der Waals surface area contributed by atoms with E-state index in [-0.39, 0.29) is 11.5 Å². The fraction of sp³-hybridized carbons (Fsp3) is 0.526. The number of hydrogen-bond acceptors (Lipinski definition) is 4. The van der Waals surface area contributed by atoms with E-state index in [1.165, 1.54) is 11.1 Å². The van der Waals surface area contributed by atoms with E-state index in [4.69, 9.17) is 4.42 Å². The predicted molar refractivity (Wildman–Crippen MR) is 98.0 cm³/mol. The number of likely N-dealkylation sites (tertiary alicyclic amines) is 1. The molecule has 7 nitrogen and oxygen atoms in total. The summed E-state index contributed by atoms with van der Waals surface area (Å²) in [7, 11) is 0. The van der Waals surface area contributed by atoms with Gasteiger partial charge in [-0.3, -0.25) is 14.0 Å². The monoisotopic (exact) mass is 356 g/mol. The SMILES string of the molecule is CC1CC(C)CN(C(=O)CCCn2ncn3c(cc4occc43)c2=O)C1. The van der Waals surface area contributed by atoms with Crippen molar-refractivity contribution in [3.8, 4) is 0 Å². The second-order valence-corrected chi connectivity index (χ2v) is 7.58. The van der Waals surface area contributed by atoms with Gasteiger partial charge in [-0.05, 0) is 24.7 Å². The number of nitrogens with zero attached hydrogens (tertiary/aromatic N) is 4. The van der Waals surface area contributed by atoms with Crippen LogP contribution in [0.1, 0.15) is 33.1 Å². The van der Waals surface area contributed by atoms with E-state index in [1.807, 2.05) is 11.0 Å². The second-order valence-electron chi connectivity index (χ2n) is 7.58. The topological polar surface area (TPSA) is 72.8 Å². The Kier molecular flexibility index (Phi) is 4.30. The van der Waals surface area contributed by atoms with E-state index < -0.39 is 0 Å². The second kappa shape index (κ2) is 6.63. The maximum atomic E-state index is 12.6. The molecule has 1 aliphatic rings. The quantitative estimate of drug-likeness (QED) is 0.720. The lowest BCUT2D eigenvalue weighted by Crippen LogP contribution is -2.42. The molecule has 0 spiro atoms. The first-order valence-electron chi connectivity index (χ1n) is 9.25. The lowest BCUT2D eigenvalue weighted by molar-refractivity contribution is -0.134. The molecule has 4 rings (SSSR count). The number of aryl methyl sites for hydroxylation is 1. The highest BCUT2D eigenvalue weighted by molar-refractivity contribution is 5.81. The van der Waals surface area contributed by atoms with Crippen LogP contribution in [0, 0.1) is 11.8 Å². The van der Waals surface area contributed by atoms with Crippen LogP contribution in [0.5, 0.6) is 0 Å². The van der Waals surface area contributed by atoms with Crippen LogP contribution >= 0.6 is 0 Å². The molecule has 3 aromatic rings. The number of rotatable bonds is 4. The van der Waals surface area contributed by atoms with Crippen molar-refractivity contribution in [1.29, 1.82) is 0 Å². The molecule has 3 aromatic heterocycles. The number of aromatic nitrogens is 3. The molecule has 26 heavy (non-hydrogen) atoms. The molecule has 0 aromatic carbocycles. The molecule has 1 aliphatic heterocycles. The average Bonchev–Trinajstić information content (AvgIpc) is 3.17. The Morgan fingerprint density at radius 1 is 1.27 bits per heavy atom. The fourth-order valence-electron chi connectivity index (χ4n) is 4.10. The third-order valence-corrected chi connectivity index (χ3v) is 5.20. The predicted octanol–water partition coefficient (Wildman–Crippen LogP) is 2.53. The van der Waals surface area contributed by atoms with Gasteiger partial charge in [-0.2, -0.15) is 5.10 Å². The smallest absolute Gasteiger partial charge is 0.291 e. The van der Waals surface area contributed by atoms with Gasteiger partial charge in [0.2, 0.25) is 5.91 Å². The molecule has 0 radical (unpaired) electrons. The van der Waals surface area contributed by atoms with Gasteiger partial charge in [0, 0.05) is 38.2 Å². The van der Waals surface area contributed by atoms with Crippen LogP contribution in [0.4, 0.5) is 0 Å². The molecule has 0 N–H and O–H groups in total. The first-order valence-corrected chi connectivity index (χ1v) is 9.25. The van der Waals surface area contributed by atoms with Crippen LogP contribution in [0.15, 0.2) is 33.9 Å². The molecule has 7 heteroatoms. The Balaban J connectivity index is 1.42. The number of carbonyl (C=O) groups is 1. The molecule has 2 atom stereocenters. The first-order chi connectivity index (χ1) is 12.5. The van der Waals surface area contributed by atoms with Gasteiger partial charge in [-0.25, -0.2) is 4.68 Å². The third-order valence-electron chi connectivity index (χ3n) is 5.20. The summed E-state index contributed by atoms with van der Waals surface area (Å²) >= 11 is 0. The van der Waals surface area contributed by atoms with Crippen molar-refractivity contribution in [2.75, 3.05) is 13.1 Å². The molecule has 0 saturated carbocycles. The number of piperidine rings is 1. The Morgan fingerprint density at radius 3 is 2.81 bits per heavy atom. The van der Waals surface area contributed by atoms with E-state index in [0.717, 1.165) is 18.6 Å². The molecule has 0 aliphatic carbocycles. The van der Waals surface area contributed by atoms with Crippen LogP contribution in [0.3, 0.4) is 0 Å². The average molecular weight is 356 g/mol. The molecule has 1 fully saturated rings. The summed E-state index contributed by atoms with van der Waals surface area (Å²) in [6.45, 7) is 6.52. The standard InChI is InChI=1S/C19H24N4O3/c1-13-8-14(2)11-21(10-13)18(24)4-3-6-23-19(25)16-9-17-15(5-7-26-17)22(16)12-20-23/h5,7,9,12-14H,3-4,6,8,10-11H2,1-2H3. The van der Waals surface area contributed by atoms with E-state index in [0.29, 0.717) is 42.3 Å².